The minimum atomic E-state index is -1.79. The van der Waals surface area contributed by atoms with Crippen LogP contribution in [-0.4, -0.2) is 323 Å². The predicted molar refractivity (Wildman–Crippen MR) is 560 cm³/mol. The van der Waals surface area contributed by atoms with Crippen molar-refractivity contribution < 1.29 is 102 Å². The predicted octanol–water partition coefficient (Wildman–Crippen LogP) is -5.36. The molecule has 2 aromatic heterocycles. The number of aromatic amines is 2. The van der Waals surface area contributed by atoms with E-state index in [9.17, 15) is 87.2 Å². The number of aliphatic hydroxyl groups excluding tert-OH is 1. The molecule has 50 nitrogen and oxygen atoms in total. The summed E-state index contributed by atoms with van der Waals surface area (Å²) in [4.78, 5) is 267. The van der Waals surface area contributed by atoms with Gasteiger partial charge in [-0.3, -0.25) is 91.7 Å². The second kappa shape index (κ2) is 68.6. The number of phenolic OH excluding ortho intramolecular Hbond substituents is 1. The van der Waals surface area contributed by atoms with Crippen molar-refractivity contribution >= 4 is 135 Å². The number of thioether (sulfide) groups is 1. The van der Waals surface area contributed by atoms with E-state index in [0.29, 0.717) is 105 Å². The summed E-state index contributed by atoms with van der Waals surface area (Å²) in [7, 11) is 0. The van der Waals surface area contributed by atoms with Crippen molar-refractivity contribution in [2.75, 3.05) is 90.6 Å². The van der Waals surface area contributed by atoms with Crippen LogP contribution >= 0.6 is 11.8 Å². The molecule has 5 aromatic rings. The summed E-state index contributed by atoms with van der Waals surface area (Å²) < 4.78 is 0. The van der Waals surface area contributed by atoms with Gasteiger partial charge in [-0.15, -0.1) is 0 Å². The number of primary amides is 1. The van der Waals surface area contributed by atoms with E-state index < -0.39 is 242 Å². The first-order valence-electron chi connectivity index (χ1n) is 51.0. The molecule has 0 spiro atoms. The van der Waals surface area contributed by atoms with E-state index in [-0.39, 0.29) is 127 Å². The second-order valence-electron chi connectivity index (χ2n) is 37.1. The lowest BCUT2D eigenvalue weighted by Crippen LogP contribution is -2.61. The van der Waals surface area contributed by atoms with E-state index in [4.69, 9.17) is 45.5 Å². The molecular formula is C99H155N29O21S. The first-order chi connectivity index (χ1) is 71.9. The van der Waals surface area contributed by atoms with Gasteiger partial charge in [0.15, 0.2) is 5.96 Å². The third-order valence-electron chi connectivity index (χ3n) is 24.9. The Labute approximate surface area is 875 Å². The number of nitrogens with zero attached hydrogens (tertiary/aromatic N) is 2. The van der Waals surface area contributed by atoms with Crippen LogP contribution in [0.2, 0.25) is 0 Å². The third-order valence-corrected chi connectivity index (χ3v) is 25.5. The lowest BCUT2D eigenvalue weighted by Gasteiger charge is -2.30. The highest BCUT2D eigenvalue weighted by Crippen LogP contribution is 2.24. The van der Waals surface area contributed by atoms with E-state index in [1.165, 1.54) is 53.5 Å². The number of aliphatic hydroxyl groups is 1. The number of para-hydroxylation sites is 1. The quantitative estimate of drug-likeness (QED) is 0.00982. The zero-order valence-corrected chi connectivity index (χ0v) is 86.3. The number of carbonyl (C=O) groups is 18. The van der Waals surface area contributed by atoms with Crippen LogP contribution < -0.4 is 131 Å². The Kier molecular flexibility index (Phi) is 57.0. The largest absolute Gasteiger partial charge is 0.508 e. The van der Waals surface area contributed by atoms with E-state index in [2.05, 4.69) is 105 Å². The van der Waals surface area contributed by atoms with Gasteiger partial charge in [0.25, 0.3) is 0 Å². The smallest absolute Gasteiger partial charge is 0.303 e. The number of likely N-dealkylation sites (tertiary alicyclic amines) is 1. The van der Waals surface area contributed by atoms with Crippen molar-refractivity contribution in [1.82, 2.24) is 110 Å². The van der Waals surface area contributed by atoms with Crippen LogP contribution in [0.5, 0.6) is 5.75 Å². The Balaban J connectivity index is 1.19. The zero-order valence-electron chi connectivity index (χ0n) is 85.5. The van der Waals surface area contributed by atoms with Crippen LogP contribution in [0.1, 0.15) is 177 Å². The molecule has 1 saturated heterocycles. The zero-order chi connectivity index (χ0) is 110. The normalized spacial score (nSPS) is 14.8. The van der Waals surface area contributed by atoms with Crippen molar-refractivity contribution in [3.8, 4) is 5.75 Å². The van der Waals surface area contributed by atoms with Crippen LogP contribution in [0.3, 0.4) is 0 Å². The fraction of sp³-hybridized carbons (Fsp3) is 0.576. The first kappa shape index (κ1) is 125. The number of aliphatic carboxylic acids is 1. The lowest BCUT2D eigenvalue weighted by atomic mass is 10.0. The summed E-state index contributed by atoms with van der Waals surface area (Å²) in [6, 6.07) is 0.776. The number of rotatable bonds is 74. The van der Waals surface area contributed by atoms with Crippen LogP contribution in [-0.2, 0) is 112 Å². The number of hydrogen-bond donors (Lipinski definition) is 30. The summed E-state index contributed by atoms with van der Waals surface area (Å²) >= 11 is 1.25. The SMILES string of the molecule is CSCC[C@H](NC(=O)[C@H](CO)NC(=O)C(Cc1ccc(O)cc1)NC(=O)CCN)C(=O)N[C@@H](CCC(=O)O)C(=O)N[C@@H](Cc1c[nH]cn1)C(=O)N[C@@H](Cc1ccccc1)C(=O)N[C@@H](CCCNC(=N)N)C(=O)NC(Cc1c[nH]c2ccccc12)C(=O)NCC(=O)N[C@@H](CCCCN)C(=O)N1CCC[C@H]1C(=O)N[C@H](C(=O)NCC(=O)N[C@@H](CCCCN)C(=O)N[C@@H](CCCCN)C(=O)N[C@@H](CCCCNCCCCN)C(N)=O)C(C)C. The molecule has 14 atom stereocenters. The van der Waals surface area contributed by atoms with E-state index in [1.807, 2.05) is 0 Å². The number of unbranched alkanes of at least 4 members (excludes halogenated alkanes) is 5. The highest BCUT2D eigenvalue weighted by atomic mass is 32.2. The van der Waals surface area contributed by atoms with Crippen LogP contribution in [0.25, 0.3) is 10.9 Å². The molecule has 17 amide bonds. The minimum absolute atomic E-state index is 0.000700. The monoisotopic (exact) mass is 2120 g/mol. The third kappa shape index (κ3) is 45.2. The molecule has 0 saturated carbocycles. The summed E-state index contributed by atoms with van der Waals surface area (Å²) in [6.07, 6.45) is 9.28. The van der Waals surface area contributed by atoms with Gasteiger partial charge < -0.3 is 161 Å². The average molecular weight is 2120 g/mol. The van der Waals surface area contributed by atoms with Gasteiger partial charge in [0.2, 0.25) is 100 Å². The number of amides is 17. The van der Waals surface area contributed by atoms with Gasteiger partial charge in [-0.2, -0.15) is 11.8 Å². The van der Waals surface area contributed by atoms with E-state index in [0.717, 1.165) is 19.4 Å². The van der Waals surface area contributed by atoms with Gasteiger partial charge in [0, 0.05) is 81.5 Å². The first-order valence-corrected chi connectivity index (χ1v) is 52.4. The average Bonchev–Trinajstić information content (AvgIpc) is 1.61. The second-order valence-corrected chi connectivity index (χ2v) is 38.1. The maximum Gasteiger partial charge on any atom is 0.303 e. The summed E-state index contributed by atoms with van der Waals surface area (Å²) in [5, 5.41) is 84.2. The fourth-order valence-corrected chi connectivity index (χ4v) is 17.1. The number of hydrogen-bond acceptors (Lipinski definition) is 29. The Morgan fingerprint density at radius 3 is 1.43 bits per heavy atom. The molecule has 0 bridgehead atoms. The van der Waals surface area contributed by atoms with Gasteiger partial charge in [0.05, 0.1) is 31.7 Å². The molecule has 1 aliphatic rings. The molecule has 150 heavy (non-hydrogen) atoms. The Hall–Kier alpha value is -14.0. The molecule has 3 aromatic carbocycles. The highest BCUT2D eigenvalue weighted by Gasteiger charge is 2.42. The molecule has 0 aliphatic carbocycles. The number of nitrogens with two attached hydrogens (primary N) is 7. The standard InChI is InChI=1S/C99H155N29O21S/c1-59(2)84(97(148)113-56-81(132)115-68(26-9-13-39-100)87(138)119-69(27-10-14-40-101)88(139)118-67(85(105)136)25-12-17-44-108-45-18-16-42-103)127-96(147)79-30-20-47-128(79)98(149)73(28-11-15-41-102)116-82(133)55-112-86(137)76(51-62-53-111-66-24-8-7-23-65(62)66)124-89(140)70(29-19-46-110-99(106)107)120-93(144)75(49-60-21-5-4-6-22-60)123-94(145)77(52-63-54-109-58-114-63)125-90(141)71(35-36-83(134)135)121-91(142)72(38-48-150-3)122-95(146)78(57-129)126-92(143)74(117-80(131)37-43-104)50-61-31-33-64(130)34-32-61/h4-8,21-24,31-34,53-54,58-59,67-79,84,108,111,129-130H,9-20,25-30,35-52,55-57,100-104H2,1-3H3,(H2,105,136)(H,109,114)(H,112,137)(H,113,148)(H,115,132)(H,116,133)(H,117,131)(H,118,139)(H,119,138)(H,120,144)(H,121,142)(H,122,146)(H,123,145)(H,124,140)(H,125,141)(H,126,143)(H,127,147)(H,134,135)(H4,106,107,110)/t67-,68-,69-,70-,71-,72-,73-,74?,75-,76?,77-,78-,79-,84-/m0/s1. The van der Waals surface area contributed by atoms with Gasteiger partial charge >= 0.3 is 5.97 Å². The molecule has 6 rings (SSSR count). The molecule has 37 N–H and O–H groups in total. The number of carboxylic acid groups (broad SMARTS) is 1. The number of H-pyrrole nitrogens is 2. The molecule has 51 heteroatoms. The van der Waals surface area contributed by atoms with Crippen molar-refractivity contribution in [2.45, 2.75) is 265 Å². The minimum Gasteiger partial charge on any atom is -0.508 e. The number of imidazole rings is 1. The van der Waals surface area contributed by atoms with Crippen LogP contribution in [0, 0.1) is 11.3 Å². The van der Waals surface area contributed by atoms with E-state index in [1.54, 1.807) is 80.9 Å². The lowest BCUT2D eigenvalue weighted by molar-refractivity contribution is -0.142. The number of fused-ring (bicyclic) bond motifs is 1. The summed E-state index contributed by atoms with van der Waals surface area (Å²) in [5.74, 6) is -17.3. The number of carbonyl (C=O) groups excluding carboxylic acids is 17. The van der Waals surface area contributed by atoms with E-state index >= 15 is 14.4 Å². The number of aromatic nitrogens is 3. The molecule has 1 fully saturated rings. The van der Waals surface area contributed by atoms with Crippen molar-refractivity contribution in [1.29, 1.82) is 5.41 Å². The van der Waals surface area contributed by atoms with Gasteiger partial charge in [-0.25, -0.2) is 4.98 Å². The number of guanidine groups is 1. The number of benzene rings is 3. The summed E-state index contributed by atoms with van der Waals surface area (Å²) in [5.41, 5.74) is 42.3. The Bertz CT molecular complexity index is 5160. The number of aromatic hydroxyl groups is 1. The van der Waals surface area contributed by atoms with Gasteiger partial charge in [-0.1, -0.05) is 74.5 Å². The molecule has 1 aliphatic heterocycles. The molecular weight excluding hydrogens is 1960 g/mol. The van der Waals surface area contributed by atoms with Crippen LogP contribution in [0.15, 0.2) is 97.6 Å². The maximum absolute atomic E-state index is 15.3. The van der Waals surface area contributed by atoms with Gasteiger partial charge in [-0.05, 0) is 221 Å². The Morgan fingerprint density at radius 2 is 0.893 bits per heavy atom. The van der Waals surface area contributed by atoms with Crippen molar-refractivity contribution in [3.05, 3.63) is 120 Å². The maximum atomic E-state index is 15.3. The number of phenols is 1. The summed E-state index contributed by atoms with van der Waals surface area (Å²) in [6.45, 7) is 3.49. The Morgan fingerprint density at radius 1 is 0.447 bits per heavy atom. The van der Waals surface area contributed by atoms with Crippen molar-refractivity contribution in [3.63, 3.8) is 0 Å². The molecule has 3 heterocycles. The molecule has 0 radical (unpaired) electrons. The number of carboxylic acids is 1. The van der Waals surface area contributed by atoms with Crippen LogP contribution in [0.4, 0.5) is 0 Å². The molecule has 828 valence electrons. The van der Waals surface area contributed by atoms with Crippen molar-refractivity contribution in [2.24, 2.45) is 46.1 Å². The number of nitrogens with one attached hydrogen (secondary N) is 20. The molecule has 2 unspecified atom stereocenters. The highest BCUT2D eigenvalue weighted by molar-refractivity contribution is 7.98. The fourth-order valence-electron chi connectivity index (χ4n) is 16.6. The van der Waals surface area contributed by atoms with Gasteiger partial charge in [0.1, 0.15) is 90.3 Å². The topological polar surface area (TPSA) is 826 Å².